The van der Waals surface area contributed by atoms with Crippen LogP contribution < -0.4 is 14.9 Å². The molecule has 0 amide bonds. The molecule has 438 valence electrons. The molecule has 3 aliphatic rings. The van der Waals surface area contributed by atoms with Crippen LogP contribution in [-0.4, -0.2) is 44.7 Å². The van der Waals surface area contributed by atoms with E-state index in [9.17, 15) is 52.7 Å². The summed E-state index contributed by atoms with van der Waals surface area (Å²) in [6.07, 6.45) is -4.79. The zero-order chi connectivity index (χ0) is 58.3. The molecule has 0 bridgehead atoms. The van der Waals surface area contributed by atoms with Gasteiger partial charge in [0.15, 0.2) is 47.5 Å². The van der Waals surface area contributed by atoms with Gasteiger partial charge in [-0.2, -0.15) is 17.6 Å². The molecule has 0 N–H and O–H groups in total. The molecule has 3 fully saturated rings. The minimum absolute atomic E-state index is 0. The van der Waals surface area contributed by atoms with Gasteiger partial charge in [0.1, 0.15) is 23.1 Å². The summed E-state index contributed by atoms with van der Waals surface area (Å²) in [6.45, 7) is 14.1. The van der Waals surface area contributed by atoms with Crippen molar-refractivity contribution in [2.75, 3.05) is 26.4 Å². The summed E-state index contributed by atoms with van der Waals surface area (Å²) in [5, 5.41) is 0.119. The zero-order valence-electron chi connectivity index (χ0n) is 44.1. The van der Waals surface area contributed by atoms with Gasteiger partial charge in [-0.1, -0.05) is 88.2 Å². The van der Waals surface area contributed by atoms with Gasteiger partial charge in [-0.05, 0) is 94.0 Å². The normalized spacial score (nSPS) is 19.6. The lowest BCUT2D eigenvalue weighted by molar-refractivity contribution is -0.206. The van der Waals surface area contributed by atoms with Crippen molar-refractivity contribution in [3.05, 3.63) is 183 Å². The standard InChI is InChI=1S/C26H22F6O3.C19H18BF5O3.C13H16ClFO2.CH4/c1-2-3-15-13-33-25(34-14-15)17-6-9-20(21(27)10-17)16-4-7-18(8-5-16)26(31,32)35-19-11-22(28)24(30)23(29)12-19;1-17(2)18(3,4)28-20(27-17)12-7-5-11(6-8-12)19(24,25)26-13-9-14(21)16(23)15(22)10-13;1-2-3-9-7-16-13(17-8-9)10-4-5-11(14)12(15)6-10;/h4-12,15,25H,2-3,13-14H2,1H3;5-10H,1-4H3;4-6,9,13H,2-3,7-8H2,1H3;1H4. The maximum Gasteiger partial charge on any atom is 0.494 e. The van der Waals surface area contributed by atoms with Crippen molar-refractivity contribution in [3.63, 3.8) is 0 Å². The third kappa shape index (κ3) is 16.1. The fourth-order valence-electron chi connectivity index (χ4n) is 8.45. The van der Waals surface area contributed by atoms with Crippen LogP contribution in [0.15, 0.2) is 109 Å². The Labute approximate surface area is 467 Å². The van der Waals surface area contributed by atoms with Crippen LogP contribution in [0.1, 0.15) is 109 Å². The van der Waals surface area contributed by atoms with Crippen LogP contribution in [0.3, 0.4) is 0 Å². The van der Waals surface area contributed by atoms with Crippen molar-refractivity contribution in [2.24, 2.45) is 11.8 Å². The molecule has 22 heteroatoms. The molecule has 6 aromatic carbocycles. The lowest BCUT2D eigenvalue weighted by Gasteiger charge is -2.32. The van der Waals surface area contributed by atoms with Gasteiger partial charge < -0.3 is 37.7 Å². The van der Waals surface area contributed by atoms with Crippen LogP contribution in [0.5, 0.6) is 11.5 Å². The molecule has 0 saturated carbocycles. The Balaban J connectivity index is 0.000000206. The Morgan fingerprint density at radius 2 is 0.877 bits per heavy atom. The molecule has 3 heterocycles. The van der Waals surface area contributed by atoms with Crippen LogP contribution >= 0.6 is 11.6 Å². The Kier molecular flexibility index (Phi) is 21.5. The van der Waals surface area contributed by atoms with Crippen molar-refractivity contribution in [2.45, 2.75) is 111 Å². The zero-order valence-corrected chi connectivity index (χ0v) is 44.9. The Morgan fingerprint density at radius 1 is 0.506 bits per heavy atom. The first-order valence-electron chi connectivity index (χ1n) is 25.4. The smallest absolute Gasteiger partial charge is 0.429 e. The second-order valence-electron chi connectivity index (χ2n) is 20.1. The van der Waals surface area contributed by atoms with Crippen molar-refractivity contribution < 1.29 is 90.4 Å². The quantitative estimate of drug-likeness (QED) is 0.0607. The van der Waals surface area contributed by atoms with E-state index in [0.717, 1.165) is 49.9 Å². The summed E-state index contributed by atoms with van der Waals surface area (Å²) >= 11 is 5.63. The van der Waals surface area contributed by atoms with E-state index < -0.39 is 112 Å². The molecule has 0 unspecified atom stereocenters. The topological polar surface area (TPSA) is 73.8 Å². The SMILES string of the molecule is C.CC1(C)OB(c2ccc(C(F)(F)Oc3cc(F)c(F)c(F)c3)cc2)OC1(C)C.CCCC1COC(c2ccc(-c3ccc(C(F)(F)Oc4cc(F)c(F)c(F)c4)cc3)c(F)c2)OC1.CCCC1COC(c2ccc(Cl)c(F)c2)OC1. The van der Waals surface area contributed by atoms with E-state index in [1.165, 1.54) is 48.5 Å². The van der Waals surface area contributed by atoms with Gasteiger partial charge in [-0.15, -0.1) is 0 Å². The molecule has 0 aromatic heterocycles. The number of halogens is 13. The van der Waals surface area contributed by atoms with Gasteiger partial charge >= 0.3 is 19.3 Å². The molecule has 6 aromatic rings. The third-order valence-electron chi connectivity index (χ3n) is 13.5. The summed E-state index contributed by atoms with van der Waals surface area (Å²) in [4.78, 5) is 0. The average Bonchev–Trinajstić information content (AvgIpc) is 3.90. The predicted molar refractivity (Wildman–Crippen MR) is 280 cm³/mol. The first kappa shape index (κ1) is 64.4. The molecular formula is C59H60BClF12O8. The van der Waals surface area contributed by atoms with Gasteiger partial charge in [0.2, 0.25) is 0 Å². The van der Waals surface area contributed by atoms with Gasteiger partial charge in [0.05, 0.1) is 53.8 Å². The Hall–Kier alpha value is -5.81. The van der Waals surface area contributed by atoms with E-state index in [1.54, 1.807) is 12.1 Å². The van der Waals surface area contributed by atoms with Crippen LogP contribution in [0.25, 0.3) is 11.1 Å². The summed E-state index contributed by atoms with van der Waals surface area (Å²) in [5.74, 6) is -12.1. The second-order valence-corrected chi connectivity index (χ2v) is 20.6. The van der Waals surface area contributed by atoms with E-state index in [-0.39, 0.29) is 18.0 Å². The van der Waals surface area contributed by atoms with Gasteiger partial charge in [0, 0.05) is 52.8 Å². The molecule has 9 rings (SSSR count). The maximum absolute atomic E-state index is 14.8. The summed E-state index contributed by atoms with van der Waals surface area (Å²) < 4.78 is 208. The van der Waals surface area contributed by atoms with Crippen molar-refractivity contribution in [3.8, 4) is 22.6 Å². The fourth-order valence-corrected chi connectivity index (χ4v) is 8.56. The highest BCUT2D eigenvalue weighted by Gasteiger charge is 2.52. The van der Waals surface area contributed by atoms with Gasteiger partial charge in [-0.25, -0.2) is 35.1 Å². The molecule has 0 aliphatic carbocycles. The molecule has 0 spiro atoms. The minimum Gasteiger partial charge on any atom is -0.429 e. The van der Waals surface area contributed by atoms with E-state index in [2.05, 4.69) is 23.3 Å². The van der Waals surface area contributed by atoms with E-state index in [1.807, 2.05) is 27.7 Å². The van der Waals surface area contributed by atoms with Crippen LogP contribution in [-0.2, 0) is 40.5 Å². The molecular weight excluding hydrogens is 1110 g/mol. The van der Waals surface area contributed by atoms with Crippen molar-refractivity contribution >= 4 is 24.2 Å². The van der Waals surface area contributed by atoms with Crippen LogP contribution in [0, 0.1) is 58.4 Å². The van der Waals surface area contributed by atoms with Gasteiger partial charge in [-0.3, -0.25) is 0 Å². The van der Waals surface area contributed by atoms with Crippen LogP contribution in [0.2, 0.25) is 5.02 Å². The number of benzene rings is 6. The summed E-state index contributed by atoms with van der Waals surface area (Å²) in [7, 11) is -0.728. The molecule has 3 aliphatic heterocycles. The van der Waals surface area contributed by atoms with Gasteiger partial charge in [0.25, 0.3) is 0 Å². The molecule has 0 atom stereocenters. The maximum atomic E-state index is 14.8. The Morgan fingerprint density at radius 3 is 1.25 bits per heavy atom. The van der Waals surface area contributed by atoms with Crippen molar-refractivity contribution in [1.82, 2.24) is 0 Å². The molecule has 0 radical (unpaired) electrons. The molecule has 8 nitrogen and oxygen atoms in total. The lowest BCUT2D eigenvalue weighted by atomic mass is 9.79. The predicted octanol–water partition coefficient (Wildman–Crippen LogP) is 16.6. The lowest BCUT2D eigenvalue weighted by Crippen LogP contribution is -2.41. The van der Waals surface area contributed by atoms with E-state index in [0.29, 0.717) is 84.7 Å². The highest BCUT2D eigenvalue weighted by molar-refractivity contribution is 6.62. The highest BCUT2D eigenvalue weighted by atomic mass is 35.5. The average molecular weight is 1170 g/mol. The third-order valence-corrected chi connectivity index (χ3v) is 13.8. The molecule has 3 saturated heterocycles. The molecule has 81 heavy (non-hydrogen) atoms. The Bertz CT molecular complexity index is 2980. The van der Waals surface area contributed by atoms with Crippen LogP contribution in [0.4, 0.5) is 52.7 Å². The minimum atomic E-state index is -3.98. The first-order chi connectivity index (χ1) is 37.7. The second kappa shape index (κ2) is 27.1. The van der Waals surface area contributed by atoms with E-state index in [4.69, 9.17) is 39.9 Å². The number of alkyl halides is 4. The first-order valence-corrected chi connectivity index (χ1v) is 25.8. The number of ether oxygens (including phenoxy) is 6. The van der Waals surface area contributed by atoms with E-state index >= 15 is 0 Å². The summed E-state index contributed by atoms with van der Waals surface area (Å²) in [6, 6.07) is 19.9. The number of hydrogen-bond acceptors (Lipinski definition) is 8. The highest BCUT2D eigenvalue weighted by Crippen LogP contribution is 2.39. The number of hydrogen-bond donors (Lipinski definition) is 0. The largest absolute Gasteiger partial charge is 0.494 e. The summed E-state index contributed by atoms with van der Waals surface area (Å²) in [5.41, 5.74) is -0.157. The number of rotatable bonds is 14. The monoisotopic (exact) mass is 1170 g/mol. The van der Waals surface area contributed by atoms with Crippen molar-refractivity contribution in [1.29, 1.82) is 0 Å². The fraction of sp³-hybridized carbons (Fsp3) is 0.390.